The summed E-state index contributed by atoms with van der Waals surface area (Å²) in [5.41, 5.74) is 0.838. The van der Waals surface area contributed by atoms with Crippen LogP contribution in [0.3, 0.4) is 0 Å². The van der Waals surface area contributed by atoms with Crippen molar-refractivity contribution in [2.45, 2.75) is 40.2 Å². The van der Waals surface area contributed by atoms with E-state index in [1.54, 1.807) is 0 Å². The predicted molar refractivity (Wildman–Crippen MR) is 58.8 cm³/mol. The lowest BCUT2D eigenvalue weighted by Crippen LogP contribution is -2.29. The molecule has 1 aromatic heterocycles. The SMILES string of the molecule is CCc1nc(C)c(C(=O)NC(C)C)s1. The average Bonchev–Trinajstić information content (AvgIpc) is 2.45. The Morgan fingerprint density at radius 2 is 2.21 bits per heavy atom. The van der Waals surface area contributed by atoms with Crippen molar-refractivity contribution in [3.63, 3.8) is 0 Å². The molecule has 0 radical (unpaired) electrons. The highest BCUT2D eigenvalue weighted by molar-refractivity contribution is 7.13. The minimum absolute atomic E-state index is 0.00491. The third-order valence-electron chi connectivity index (χ3n) is 1.77. The summed E-state index contributed by atoms with van der Waals surface area (Å²) in [4.78, 5) is 16.7. The molecular weight excluding hydrogens is 196 g/mol. The van der Waals surface area contributed by atoms with Gasteiger partial charge in [0.1, 0.15) is 4.88 Å². The van der Waals surface area contributed by atoms with E-state index in [2.05, 4.69) is 10.3 Å². The van der Waals surface area contributed by atoms with Crippen molar-refractivity contribution in [1.29, 1.82) is 0 Å². The van der Waals surface area contributed by atoms with Crippen LogP contribution < -0.4 is 5.32 Å². The van der Waals surface area contributed by atoms with Crippen molar-refractivity contribution in [2.75, 3.05) is 0 Å². The minimum atomic E-state index is -0.00491. The monoisotopic (exact) mass is 212 g/mol. The Morgan fingerprint density at radius 3 is 2.64 bits per heavy atom. The summed E-state index contributed by atoms with van der Waals surface area (Å²) >= 11 is 1.49. The standard InChI is InChI=1S/C10H16N2OS/c1-5-8-12-7(4)9(14-8)10(13)11-6(2)3/h6H,5H2,1-4H3,(H,11,13). The number of thiazole rings is 1. The number of rotatable bonds is 3. The molecule has 14 heavy (non-hydrogen) atoms. The highest BCUT2D eigenvalue weighted by Gasteiger charge is 2.14. The van der Waals surface area contributed by atoms with Gasteiger partial charge in [0.15, 0.2) is 0 Å². The average molecular weight is 212 g/mol. The van der Waals surface area contributed by atoms with E-state index < -0.39 is 0 Å². The Labute approximate surface area is 88.6 Å². The lowest BCUT2D eigenvalue weighted by molar-refractivity contribution is 0.0946. The van der Waals surface area contributed by atoms with Gasteiger partial charge >= 0.3 is 0 Å². The van der Waals surface area contributed by atoms with Gasteiger partial charge in [0.25, 0.3) is 5.91 Å². The number of aryl methyl sites for hydroxylation is 2. The fourth-order valence-electron chi connectivity index (χ4n) is 1.14. The zero-order valence-electron chi connectivity index (χ0n) is 9.05. The molecule has 1 N–H and O–H groups in total. The summed E-state index contributed by atoms with van der Waals surface area (Å²) in [5.74, 6) is -0.00491. The molecule has 1 aromatic rings. The van der Waals surface area contributed by atoms with Gasteiger partial charge in [-0.1, -0.05) is 6.92 Å². The third kappa shape index (κ3) is 2.54. The van der Waals surface area contributed by atoms with Crippen LogP contribution in [0.1, 0.15) is 41.1 Å². The molecule has 0 aliphatic heterocycles. The number of nitrogens with one attached hydrogen (secondary N) is 1. The van der Waals surface area contributed by atoms with E-state index in [9.17, 15) is 4.79 Å². The summed E-state index contributed by atoms with van der Waals surface area (Å²) in [6.45, 7) is 7.83. The minimum Gasteiger partial charge on any atom is -0.349 e. The fourth-order valence-corrected chi connectivity index (χ4v) is 2.05. The summed E-state index contributed by atoms with van der Waals surface area (Å²) in [5, 5.41) is 3.89. The Morgan fingerprint density at radius 1 is 1.57 bits per heavy atom. The molecule has 3 nitrogen and oxygen atoms in total. The second-order valence-corrected chi connectivity index (χ2v) is 4.59. The van der Waals surface area contributed by atoms with Gasteiger partial charge in [-0.05, 0) is 27.2 Å². The van der Waals surface area contributed by atoms with Crippen LogP contribution in [0.2, 0.25) is 0 Å². The number of hydrogen-bond donors (Lipinski definition) is 1. The molecule has 0 atom stereocenters. The Bertz CT molecular complexity index is 331. The van der Waals surface area contributed by atoms with Crippen molar-refractivity contribution in [3.8, 4) is 0 Å². The predicted octanol–water partition coefficient (Wildman–Crippen LogP) is 2.15. The second kappa shape index (κ2) is 4.55. The van der Waals surface area contributed by atoms with Crippen molar-refractivity contribution < 1.29 is 4.79 Å². The van der Waals surface area contributed by atoms with Gasteiger partial charge in [-0.15, -0.1) is 11.3 Å². The van der Waals surface area contributed by atoms with Crippen LogP contribution in [-0.2, 0) is 6.42 Å². The zero-order valence-corrected chi connectivity index (χ0v) is 9.86. The quantitative estimate of drug-likeness (QED) is 0.834. The van der Waals surface area contributed by atoms with E-state index in [0.29, 0.717) is 0 Å². The smallest absolute Gasteiger partial charge is 0.263 e. The van der Waals surface area contributed by atoms with Gasteiger partial charge in [0, 0.05) is 6.04 Å². The molecule has 0 aromatic carbocycles. The Kier molecular flexibility index (Phi) is 3.63. The molecule has 0 saturated carbocycles. The van der Waals surface area contributed by atoms with E-state index in [1.807, 2.05) is 27.7 Å². The molecule has 0 aliphatic rings. The number of aromatic nitrogens is 1. The van der Waals surface area contributed by atoms with E-state index in [0.717, 1.165) is 22.0 Å². The van der Waals surface area contributed by atoms with Gasteiger partial charge in [-0.2, -0.15) is 0 Å². The Balaban J connectivity index is 2.84. The number of nitrogens with zero attached hydrogens (tertiary/aromatic N) is 1. The Hall–Kier alpha value is -0.900. The van der Waals surface area contributed by atoms with E-state index in [4.69, 9.17) is 0 Å². The molecule has 0 spiro atoms. The summed E-state index contributed by atoms with van der Waals surface area (Å²) in [6, 6.07) is 0.175. The van der Waals surface area contributed by atoms with Crippen molar-refractivity contribution in [2.24, 2.45) is 0 Å². The van der Waals surface area contributed by atoms with Crippen molar-refractivity contribution in [1.82, 2.24) is 10.3 Å². The highest BCUT2D eigenvalue weighted by Crippen LogP contribution is 2.18. The van der Waals surface area contributed by atoms with Crippen molar-refractivity contribution >= 4 is 17.2 Å². The molecule has 4 heteroatoms. The third-order valence-corrected chi connectivity index (χ3v) is 3.07. The van der Waals surface area contributed by atoms with Crippen LogP contribution in [0.15, 0.2) is 0 Å². The van der Waals surface area contributed by atoms with Gasteiger partial charge < -0.3 is 5.32 Å². The largest absolute Gasteiger partial charge is 0.349 e. The molecule has 1 amide bonds. The first-order chi connectivity index (χ1) is 6.54. The van der Waals surface area contributed by atoms with Crippen LogP contribution in [0.5, 0.6) is 0 Å². The zero-order chi connectivity index (χ0) is 10.7. The van der Waals surface area contributed by atoms with Gasteiger partial charge in [-0.25, -0.2) is 4.98 Å². The normalized spacial score (nSPS) is 10.6. The van der Waals surface area contributed by atoms with E-state index in [-0.39, 0.29) is 11.9 Å². The molecule has 0 saturated heterocycles. The molecule has 1 heterocycles. The molecular formula is C10H16N2OS. The second-order valence-electron chi connectivity index (χ2n) is 3.50. The summed E-state index contributed by atoms with van der Waals surface area (Å²) in [6.07, 6.45) is 0.889. The lowest BCUT2D eigenvalue weighted by atomic mass is 10.3. The van der Waals surface area contributed by atoms with Gasteiger partial charge in [0.2, 0.25) is 0 Å². The van der Waals surface area contributed by atoms with Crippen LogP contribution in [0, 0.1) is 6.92 Å². The molecule has 0 unspecified atom stereocenters. The van der Waals surface area contributed by atoms with E-state index >= 15 is 0 Å². The lowest BCUT2D eigenvalue weighted by Gasteiger charge is -2.06. The molecule has 0 aliphatic carbocycles. The number of carbonyl (C=O) groups excluding carboxylic acids is 1. The fraction of sp³-hybridized carbons (Fsp3) is 0.600. The highest BCUT2D eigenvalue weighted by atomic mass is 32.1. The van der Waals surface area contributed by atoms with Gasteiger partial charge in [0.05, 0.1) is 10.7 Å². The van der Waals surface area contributed by atoms with E-state index in [1.165, 1.54) is 11.3 Å². The first kappa shape index (κ1) is 11.2. The van der Waals surface area contributed by atoms with Gasteiger partial charge in [-0.3, -0.25) is 4.79 Å². The first-order valence-corrected chi connectivity index (χ1v) is 5.63. The topological polar surface area (TPSA) is 42.0 Å². The van der Waals surface area contributed by atoms with Crippen LogP contribution in [0.25, 0.3) is 0 Å². The molecule has 1 rings (SSSR count). The molecule has 0 fully saturated rings. The maximum atomic E-state index is 11.7. The first-order valence-electron chi connectivity index (χ1n) is 4.81. The number of carbonyl (C=O) groups is 1. The summed E-state index contributed by atoms with van der Waals surface area (Å²) < 4.78 is 0. The maximum absolute atomic E-state index is 11.7. The molecule has 0 bridgehead atoms. The maximum Gasteiger partial charge on any atom is 0.263 e. The number of hydrogen-bond acceptors (Lipinski definition) is 3. The summed E-state index contributed by atoms with van der Waals surface area (Å²) in [7, 11) is 0. The number of amides is 1. The molecule has 78 valence electrons. The van der Waals surface area contributed by atoms with Crippen LogP contribution in [0.4, 0.5) is 0 Å². The van der Waals surface area contributed by atoms with Crippen LogP contribution in [-0.4, -0.2) is 16.9 Å². The van der Waals surface area contributed by atoms with Crippen molar-refractivity contribution in [3.05, 3.63) is 15.6 Å². The van der Waals surface area contributed by atoms with Crippen LogP contribution >= 0.6 is 11.3 Å².